The van der Waals surface area contributed by atoms with Crippen LogP contribution in [0.25, 0.3) is 11.0 Å². The molecule has 1 heterocycles. The molecule has 3 rings (SSSR count). The number of methoxy groups -OCH3 is 1. The van der Waals surface area contributed by atoms with Crippen LogP contribution in [0.4, 0.5) is 0 Å². The summed E-state index contributed by atoms with van der Waals surface area (Å²) in [6, 6.07) is 15.2. The van der Waals surface area contributed by atoms with E-state index in [1.165, 1.54) is 0 Å². The van der Waals surface area contributed by atoms with Gasteiger partial charge in [-0.2, -0.15) is 0 Å². The molecule has 0 spiro atoms. The fourth-order valence-electron chi connectivity index (χ4n) is 2.93. The molecule has 0 fully saturated rings. The van der Waals surface area contributed by atoms with E-state index in [2.05, 4.69) is 32.2 Å². The molecule has 0 aliphatic heterocycles. The first-order valence-electron chi connectivity index (χ1n) is 8.97. The van der Waals surface area contributed by atoms with Gasteiger partial charge < -0.3 is 19.2 Å². The summed E-state index contributed by atoms with van der Waals surface area (Å²) in [4.78, 5) is 12.4. The van der Waals surface area contributed by atoms with Crippen LogP contribution < -0.4 is 14.8 Å². The number of hydrogen-bond acceptors (Lipinski definition) is 4. The van der Waals surface area contributed by atoms with Crippen LogP contribution in [0.5, 0.6) is 11.5 Å². The molecule has 3 aromatic rings. The summed E-state index contributed by atoms with van der Waals surface area (Å²) in [6.07, 6.45) is 0. The molecule has 0 atom stereocenters. The van der Waals surface area contributed by atoms with Gasteiger partial charge in [-0.25, -0.2) is 0 Å². The number of ether oxygens (including phenoxy) is 2. The molecule has 0 unspecified atom stereocenters. The molecule has 0 aliphatic carbocycles. The fraction of sp³-hybridized carbons (Fsp3) is 0.318. The van der Waals surface area contributed by atoms with Gasteiger partial charge >= 0.3 is 0 Å². The minimum atomic E-state index is -0.277. The second kappa shape index (κ2) is 7.74. The number of carbonyl (C=O) groups excluding carboxylic acids is 1. The van der Waals surface area contributed by atoms with Crippen LogP contribution in [0.2, 0.25) is 0 Å². The van der Waals surface area contributed by atoms with E-state index in [0.717, 1.165) is 16.7 Å². The topological polar surface area (TPSA) is 60.7 Å². The van der Waals surface area contributed by atoms with Crippen molar-refractivity contribution in [3.8, 4) is 11.5 Å². The van der Waals surface area contributed by atoms with Crippen molar-refractivity contribution in [2.75, 3.05) is 20.3 Å². The number of carbonyl (C=O) groups is 1. The van der Waals surface area contributed by atoms with Crippen LogP contribution in [-0.2, 0) is 5.41 Å². The molecule has 5 heteroatoms. The predicted molar refractivity (Wildman–Crippen MR) is 106 cm³/mol. The predicted octanol–water partition coefficient (Wildman–Crippen LogP) is 4.55. The number of nitrogens with one attached hydrogen (secondary N) is 1. The molecular weight excluding hydrogens is 342 g/mol. The summed E-state index contributed by atoms with van der Waals surface area (Å²) in [6.45, 7) is 7.19. The van der Waals surface area contributed by atoms with Crippen molar-refractivity contribution < 1.29 is 18.7 Å². The van der Waals surface area contributed by atoms with E-state index < -0.39 is 0 Å². The minimum absolute atomic E-state index is 0.00677. The normalized spacial score (nSPS) is 11.4. The smallest absolute Gasteiger partial charge is 0.287 e. The van der Waals surface area contributed by atoms with Gasteiger partial charge in [0.15, 0.2) is 17.1 Å². The number of para-hydroxylation sites is 2. The fourth-order valence-corrected chi connectivity index (χ4v) is 2.93. The summed E-state index contributed by atoms with van der Waals surface area (Å²) in [5.41, 5.74) is 1.70. The lowest BCUT2D eigenvalue weighted by Crippen LogP contribution is -2.28. The molecule has 27 heavy (non-hydrogen) atoms. The van der Waals surface area contributed by atoms with Gasteiger partial charge in [0.05, 0.1) is 13.7 Å². The van der Waals surface area contributed by atoms with Crippen molar-refractivity contribution >= 4 is 16.9 Å². The molecule has 142 valence electrons. The first kappa shape index (κ1) is 18.8. The van der Waals surface area contributed by atoms with Crippen molar-refractivity contribution in [1.82, 2.24) is 5.32 Å². The van der Waals surface area contributed by atoms with Gasteiger partial charge in [0.2, 0.25) is 0 Å². The first-order valence-corrected chi connectivity index (χ1v) is 8.97. The first-order chi connectivity index (χ1) is 12.9. The minimum Gasteiger partial charge on any atom is -0.493 e. The molecule has 1 N–H and O–H groups in total. The standard InChI is InChI=1S/C22H25NO4/c1-22(2,3)16-9-5-6-10-17(16)26-13-12-23-21(24)19-14-15-8-7-11-18(25-4)20(15)27-19/h5-11,14H,12-13H2,1-4H3,(H,23,24). The van der Waals surface area contributed by atoms with Gasteiger partial charge in [-0.1, -0.05) is 51.1 Å². The summed E-state index contributed by atoms with van der Waals surface area (Å²) in [5, 5.41) is 3.66. The zero-order chi connectivity index (χ0) is 19.4. The molecule has 2 aromatic carbocycles. The lowest BCUT2D eigenvalue weighted by atomic mass is 9.86. The van der Waals surface area contributed by atoms with E-state index in [4.69, 9.17) is 13.9 Å². The lowest BCUT2D eigenvalue weighted by Gasteiger charge is -2.22. The number of benzene rings is 2. The Morgan fingerprint density at radius 2 is 1.81 bits per heavy atom. The number of fused-ring (bicyclic) bond motifs is 1. The van der Waals surface area contributed by atoms with E-state index in [9.17, 15) is 4.79 Å². The third-order valence-corrected chi connectivity index (χ3v) is 4.29. The van der Waals surface area contributed by atoms with E-state index in [-0.39, 0.29) is 17.1 Å². The van der Waals surface area contributed by atoms with E-state index in [1.807, 2.05) is 30.3 Å². The third-order valence-electron chi connectivity index (χ3n) is 4.29. The highest BCUT2D eigenvalue weighted by Gasteiger charge is 2.18. The Kier molecular flexibility index (Phi) is 5.40. The number of hydrogen-bond donors (Lipinski definition) is 1. The molecular formula is C22H25NO4. The van der Waals surface area contributed by atoms with Gasteiger partial charge in [0.25, 0.3) is 5.91 Å². The van der Waals surface area contributed by atoms with E-state index in [1.54, 1.807) is 19.2 Å². The Labute approximate surface area is 159 Å². The third kappa shape index (κ3) is 4.25. The van der Waals surface area contributed by atoms with Gasteiger partial charge in [-0.15, -0.1) is 0 Å². The van der Waals surface area contributed by atoms with Crippen LogP contribution in [0, 0.1) is 0 Å². The maximum Gasteiger partial charge on any atom is 0.287 e. The van der Waals surface area contributed by atoms with Crippen molar-refractivity contribution in [3.05, 3.63) is 59.9 Å². The number of amides is 1. The van der Waals surface area contributed by atoms with Crippen molar-refractivity contribution in [1.29, 1.82) is 0 Å². The average molecular weight is 367 g/mol. The Morgan fingerprint density at radius 1 is 1.07 bits per heavy atom. The van der Waals surface area contributed by atoms with E-state index >= 15 is 0 Å². The molecule has 0 aliphatic rings. The summed E-state index contributed by atoms with van der Waals surface area (Å²) >= 11 is 0. The summed E-state index contributed by atoms with van der Waals surface area (Å²) in [7, 11) is 1.57. The zero-order valence-electron chi connectivity index (χ0n) is 16.2. The molecule has 0 saturated carbocycles. The van der Waals surface area contributed by atoms with E-state index in [0.29, 0.717) is 24.5 Å². The van der Waals surface area contributed by atoms with Crippen LogP contribution in [-0.4, -0.2) is 26.2 Å². The van der Waals surface area contributed by atoms with Gasteiger partial charge in [-0.05, 0) is 29.2 Å². The Morgan fingerprint density at radius 3 is 2.56 bits per heavy atom. The Balaban J connectivity index is 1.60. The maximum atomic E-state index is 12.4. The molecule has 0 bridgehead atoms. The average Bonchev–Trinajstić information content (AvgIpc) is 3.09. The van der Waals surface area contributed by atoms with Crippen molar-refractivity contribution in [2.24, 2.45) is 0 Å². The Bertz CT molecular complexity index is 937. The number of furan rings is 1. The van der Waals surface area contributed by atoms with Crippen molar-refractivity contribution in [3.63, 3.8) is 0 Å². The summed E-state index contributed by atoms with van der Waals surface area (Å²) < 4.78 is 16.8. The molecule has 0 saturated heterocycles. The van der Waals surface area contributed by atoms with Crippen LogP contribution in [0.3, 0.4) is 0 Å². The monoisotopic (exact) mass is 367 g/mol. The number of rotatable bonds is 6. The van der Waals surface area contributed by atoms with Crippen LogP contribution in [0.15, 0.2) is 52.9 Å². The van der Waals surface area contributed by atoms with Gasteiger partial charge in [0, 0.05) is 5.39 Å². The Hall–Kier alpha value is -2.95. The molecule has 5 nitrogen and oxygen atoms in total. The molecule has 0 radical (unpaired) electrons. The summed E-state index contributed by atoms with van der Waals surface area (Å²) in [5.74, 6) is 1.42. The van der Waals surface area contributed by atoms with Crippen molar-refractivity contribution in [2.45, 2.75) is 26.2 Å². The molecule has 1 amide bonds. The van der Waals surface area contributed by atoms with Gasteiger partial charge in [-0.3, -0.25) is 4.79 Å². The van der Waals surface area contributed by atoms with Gasteiger partial charge in [0.1, 0.15) is 12.4 Å². The maximum absolute atomic E-state index is 12.4. The van der Waals surface area contributed by atoms with Crippen LogP contribution >= 0.6 is 0 Å². The lowest BCUT2D eigenvalue weighted by molar-refractivity contribution is 0.0921. The second-order valence-electron chi connectivity index (χ2n) is 7.34. The largest absolute Gasteiger partial charge is 0.493 e. The zero-order valence-corrected chi connectivity index (χ0v) is 16.2. The van der Waals surface area contributed by atoms with Crippen LogP contribution in [0.1, 0.15) is 36.9 Å². The molecule has 1 aromatic heterocycles. The quantitative estimate of drug-likeness (QED) is 0.650. The SMILES string of the molecule is COc1cccc2cc(C(=O)NCCOc3ccccc3C(C)(C)C)oc12. The second-order valence-corrected chi connectivity index (χ2v) is 7.34. The highest BCUT2D eigenvalue weighted by Crippen LogP contribution is 2.31. The highest BCUT2D eigenvalue weighted by molar-refractivity contribution is 5.97. The highest BCUT2D eigenvalue weighted by atomic mass is 16.5.